The van der Waals surface area contributed by atoms with Crippen LogP contribution in [0.4, 0.5) is 0 Å². The first-order valence-electron chi connectivity index (χ1n) is 7.97. The molecule has 136 valence electrons. The molecule has 0 spiro atoms. The second kappa shape index (κ2) is 9.74. The summed E-state index contributed by atoms with van der Waals surface area (Å²) in [5.41, 5.74) is 6.01. The van der Waals surface area contributed by atoms with Crippen LogP contribution in [0.25, 0.3) is 0 Å². The van der Waals surface area contributed by atoms with Crippen LogP contribution in [0.15, 0.2) is 63.5 Å². The molecule has 0 aliphatic carbocycles. The number of nitrogens with two attached hydrogens (primary N) is 1. The number of hydrogen-bond donors (Lipinski definition) is 1. The van der Waals surface area contributed by atoms with Crippen LogP contribution in [0.5, 0.6) is 5.75 Å². The number of ether oxygens (including phenoxy) is 1. The summed E-state index contributed by atoms with van der Waals surface area (Å²) in [5, 5.41) is 3.51. The molecule has 0 atom stereocenters. The maximum absolute atomic E-state index is 12.2. The lowest BCUT2D eigenvalue weighted by atomic mass is 10.1. The summed E-state index contributed by atoms with van der Waals surface area (Å²) >= 11 is 1.57. The van der Waals surface area contributed by atoms with Crippen LogP contribution in [0.1, 0.15) is 24.2 Å². The molecule has 2 rings (SSSR count). The fourth-order valence-corrected chi connectivity index (χ4v) is 2.79. The van der Waals surface area contributed by atoms with Crippen LogP contribution in [0.2, 0.25) is 0 Å². The molecule has 0 heterocycles. The molecule has 0 saturated carbocycles. The summed E-state index contributed by atoms with van der Waals surface area (Å²) in [4.78, 5) is 29.5. The van der Waals surface area contributed by atoms with E-state index in [1.54, 1.807) is 23.9 Å². The minimum Gasteiger partial charge on any atom is -0.492 e. The normalized spacial score (nSPS) is 11.1. The van der Waals surface area contributed by atoms with Gasteiger partial charge in [0.05, 0.1) is 0 Å². The summed E-state index contributed by atoms with van der Waals surface area (Å²) in [5.74, 6) is -0.0733. The number of rotatable bonds is 8. The Balaban J connectivity index is 1.99. The highest BCUT2D eigenvalue weighted by molar-refractivity contribution is 7.99. The highest BCUT2D eigenvalue weighted by atomic mass is 32.2. The van der Waals surface area contributed by atoms with Crippen molar-refractivity contribution in [3.63, 3.8) is 0 Å². The number of Topliss-reactive ketones (excluding diaryl/α,β-unsaturated/α-hetero) is 1. The molecule has 0 unspecified atom stereocenters. The van der Waals surface area contributed by atoms with Crippen molar-refractivity contribution < 1.29 is 19.2 Å². The first kappa shape index (κ1) is 19.7. The maximum atomic E-state index is 12.2. The van der Waals surface area contributed by atoms with Crippen molar-refractivity contribution in [3.8, 4) is 5.75 Å². The van der Waals surface area contributed by atoms with Crippen LogP contribution in [0, 0.1) is 0 Å². The van der Waals surface area contributed by atoms with E-state index in [1.807, 2.05) is 36.4 Å². The lowest BCUT2D eigenvalue weighted by molar-refractivity contribution is -0.140. The van der Waals surface area contributed by atoms with Crippen LogP contribution in [-0.4, -0.2) is 30.6 Å². The molecule has 0 saturated heterocycles. The number of nitrogens with zero attached hydrogens (tertiary/aromatic N) is 1. The second-order valence-corrected chi connectivity index (χ2v) is 6.47. The molecule has 2 N–H and O–H groups in total. The van der Waals surface area contributed by atoms with Gasteiger partial charge >= 0.3 is 5.97 Å². The Hall–Kier alpha value is -2.64. The van der Waals surface area contributed by atoms with Gasteiger partial charge in [-0.05, 0) is 55.5 Å². The van der Waals surface area contributed by atoms with Crippen molar-refractivity contribution in [2.45, 2.75) is 23.6 Å². The average molecular weight is 372 g/mol. The molecule has 2 aromatic rings. The van der Waals surface area contributed by atoms with Crippen molar-refractivity contribution in [1.29, 1.82) is 0 Å². The van der Waals surface area contributed by atoms with Crippen molar-refractivity contribution in [2.75, 3.05) is 13.2 Å². The molecule has 0 fully saturated rings. The zero-order valence-corrected chi connectivity index (χ0v) is 15.4. The van der Waals surface area contributed by atoms with Crippen LogP contribution in [-0.2, 0) is 9.63 Å². The topological polar surface area (TPSA) is 91.0 Å². The minimum absolute atomic E-state index is 0.119. The Morgan fingerprint density at radius 3 is 2.12 bits per heavy atom. The van der Waals surface area contributed by atoms with Gasteiger partial charge in [-0.2, -0.15) is 0 Å². The molecular weight excluding hydrogens is 352 g/mol. The van der Waals surface area contributed by atoms with Gasteiger partial charge in [0.25, 0.3) is 0 Å². The lowest BCUT2D eigenvalue weighted by Gasteiger charge is -2.06. The van der Waals surface area contributed by atoms with E-state index < -0.39 is 5.97 Å². The van der Waals surface area contributed by atoms with E-state index in [9.17, 15) is 9.59 Å². The van der Waals surface area contributed by atoms with Gasteiger partial charge in [-0.3, -0.25) is 4.79 Å². The van der Waals surface area contributed by atoms with Gasteiger partial charge in [-0.15, -0.1) is 0 Å². The Morgan fingerprint density at radius 2 is 1.58 bits per heavy atom. The third-order valence-corrected chi connectivity index (χ3v) is 4.22. The standard InChI is InChI=1S/C19H20N2O4S/c1-13(21-25-14(2)22)19(23)15-3-7-17(8-4-15)26-18-9-5-16(6-10-18)24-12-11-20/h3-10H,11-12,20H2,1-2H3/b21-13+. The largest absolute Gasteiger partial charge is 0.492 e. The predicted octanol–water partition coefficient (Wildman–Crippen LogP) is 3.30. The SMILES string of the molecule is CC(=O)O/N=C(\C)C(=O)c1ccc(Sc2ccc(OCCN)cc2)cc1. The van der Waals surface area contributed by atoms with Gasteiger partial charge in [0.1, 0.15) is 18.1 Å². The molecule has 7 heteroatoms. The highest BCUT2D eigenvalue weighted by Crippen LogP contribution is 2.29. The van der Waals surface area contributed by atoms with E-state index in [1.165, 1.54) is 13.8 Å². The van der Waals surface area contributed by atoms with Crippen molar-refractivity contribution in [1.82, 2.24) is 0 Å². The molecule has 6 nitrogen and oxygen atoms in total. The third-order valence-electron chi connectivity index (χ3n) is 3.20. The third kappa shape index (κ3) is 6.02. The van der Waals surface area contributed by atoms with E-state index in [4.69, 9.17) is 10.5 Å². The first-order chi connectivity index (χ1) is 12.5. The zero-order chi connectivity index (χ0) is 18.9. The number of oxime groups is 1. The fourth-order valence-electron chi connectivity index (χ4n) is 1.97. The molecule has 0 bridgehead atoms. The fraction of sp³-hybridized carbons (Fsp3) is 0.211. The molecule has 0 aliphatic heterocycles. The van der Waals surface area contributed by atoms with Crippen LogP contribution in [0.3, 0.4) is 0 Å². The quantitative estimate of drug-likeness (QED) is 0.331. The Bertz CT molecular complexity index is 786. The van der Waals surface area contributed by atoms with Crippen LogP contribution < -0.4 is 10.5 Å². The van der Waals surface area contributed by atoms with Gasteiger partial charge in [-0.1, -0.05) is 16.9 Å². The van der Waals surface area contributed by atoms with Gasteiger partial charge in [0.15, 0.2) is 0 Å². The second-order valence-electron chi connectivity index (χ2n) is 5.32. The summed E-state index contributed by atoms with van der Waals surface area (Å²) in [6, 6.07) is 14.9. The predicted molar refractivity (Wildman–Crippen MR) is 101 cm³/mol. The van der Waals surface area contributed by atoms with Crippen molar-refractivity contribution in [2.24, 2.45) is 10.9 Å². The number of carbonyl (C=O) groups is 2. The van der Waals surface area contributed by atoms with E-state index in [0.717, 1.165) is 15.5 Å². The molecular formula is C19H20N2O4S. The lowest BCUT2D eigenvalue weighted by Crippen LogP contribution is -2.11. The average Bonchev–Trinajstić information content (AvgIpc) is 2.65. The molecule has 26 heavy (non-hydrogen) atoms. The number of benzene rings is 2. The monoisotopic (exact) mass is 372 g/mol. The summed E-state index contributed by atoms with van der Waals surface area (Å²) < 4.78 is 5.45. The van der Waals surface area contributed by atoms with Gasteiger partial charge in [-0.25, -0.2) is 4.79 Å². The Kier molecular flexibility index (Phi) is 7.37. The number of hydrogen-bond acceptors (Lipinski definition) is 7. The maximum Gasteiger partial charge on any atom is 0.331 e. The molecule has 0 aromatic heterocycles. The number of carbonyl (C=O) groups excluding carboxylic acids is 2. The minimum atomic E-state index is -0.566. The van der Waals surface area contributed by atoms with E-state index >= 15 is 0 Å². The Labute approximate surface area is 156 Å². The summed E-state index contributed by atoms with van der Waals surface area (Å²) in [7, 11) is 0. The first-order valence-corrected chi connectivity index (χ1v) is 8.79. The summed E-state index contributed by atoms with van der Waals surface area (Å²) in [6.07, 6.45) is 0. The molecule has 0 amide bonds. The molecule has 0 radical (unpaired) electrons. The van der Waals surface area contributed by atoms with E-state index in [2.05, 4.69) is 9.99 Å². The van der Waals surface area contributed by atoms with Gasteiger partial charge in [0, 0.05) is 28.8 Å². The molecule has 2 aromatic carbocycles. The van der Waals surface area contributed by atoms with E-state index in [-0.39, 0.29) is 11.5 Å². The number of ketones is 1. The summed E-state index contributed by atoms with van der Waals surface area (Å²) in [6.45, 7) is 3.70. The zero-order valence-electron chi connectivity index (χ0n) is 14.6. The smallest absolute Gasteiger partial charge is 0.331 e. The Morgan fingerprint density at radius 1 is 1.00 bits per heavy atom. The van der Waals surface area contributed by atoms with E-state index in [0.29, 0.717) is 18.7 Å². The van der Waals surface area contributed by atoms with Gasteiger partial charge < -0.3 is 15.3 Å². The van der Waals surface area contributed by atoms with Gasteiger partial charge in [0.2, 0.25) is 5.78 Å². The van der Waals surface area contributed by atoms with Crippen molar-refractivity contribution >= 4 is 29.2 Å². The highest BCUT2D eigenvalue weighted by Gasteiger charge is 2.11. The molecule has 0 aliphatic rings. The van der Waals surface area contributed by atoms with Crippen molar-refractivity contribution in [3.05, 3.63) is 54.1 Å². The van der Waals surface area contributed by atoms with Crippen LogP contribution >= 0.6 is 11.8 Å².